The minimum atomic E-state index is 0. The first-order chi connectivity index (χ1) is 12.4. The third kappa shape index (κ3) is 11.2. The van der Waals surface area contributed by atoms with Gasteiger partial charge in [-0.05, 0) is 19.1 Å². The van der Waals surface area contributed by atoms with Gasteiger partial charge in [-0.25, -0.2) is 36.4 Å². The van der Waals surface area contributed by atoms with E-state index in [-0.39, 0.29) is 34.1 Å². The molecule has 144 valence electrons. The van der Waals surface area contributed by atoms with Crippen LogP contribution in [0.15, 0.2) is 120 Å². The second-order valence-corrected chi connectivity index (χ2v) is 5.27. The summed E-state index contributed by atoms with van der Waals surface area (Å²) in [5.41, 5.74) is 6.16. The molecule has 4 heteroatoms. The first-order valence-electron chi connectivity index (χ1n) is 8.27. The standard InChI is InChI=1S/C13H13N2.2C5H5.2Fe/c1-11(12-7-5-6-8-12)14-15-13-9-3-2-4-10-13;2*1-2-4-5-3-1;;/h2-10,15H,1H3;2*1-5H;;/q3*-1;;. The van der Waals surface area contributed by atoms with E-state index in [0.29, 0.717) is 0 Å². The Morgan fingerprint density at radius 2 is 1.22 bits per heavy atom. The van der Waals surface area contributed by atoms with Crippen molar-refractivity contribution in [3.05, 3.63) is 121 Å². The summed E-state index contributed by atoms with van der Waals surface area (Å²) in [7, 11) is 0. The predicted octanol–water partition coefficient (Wildman–Crippen LogP) is 6.05. The molecule has 0 radical (unpaired) electrons. The van der Waals surface area contributed by atoms with Crippen molar-refractivity contribution in [2.45, 2.75) is 6.92 Å². The van der Waals surface area contributed by atoms with Crippen molar-refractivity contribution in [2.24, 2.45) is 5.10 Å². The molecule has 4 rings (SSSR count). The van der Waals surface area contributed by atoms with Crippen LogP contribution in [0.4, 0.5) is 5.69 Å². The van der Waals surface area contributed by atoms with Gasteiger partial charge in [-0.1, -0.05) is 18.2 Å². The summed E-state index contributed by atoms with van der Waals surface area (Å²) < 4.78 is 0. The Balaban J connectivity index is 0.000000465. The molecular formula is C23H23Fe2N2-3. The quantitative estimate of drug-likeness (QED) is 0.179. The molecule has 1 N–H and O–H groups in total. The molecule has 0 fully saturated rings. The SMILES string of the molecule is CC(=NNc1ccccc1)[c-]1cccc1.[Fe].[Fe].c1cc[cH-]c1.c1cc[cH-]c1. The minimum absolute atomic E-state index is 0. The topological polar surface area (TPSA) is 24.4 Å². The van der Waals surface area contributed by atoms with Gasteiger partial charge in [0, 0.05) is 39.8 Å². The number of rotatable bonds is 3. The van der Waals surface area contributed by atoms with Gasteiger partial charge in [0.1, 0.15) is 0 Å². The summed E-state index contributed by atoms with van der Waals surface area (Å²) in [4.78, 5) is 0. The van der Waals surface area contributed by atoms with Crippen molar-refractivity contribution in [1.82, 2.24) is 0 Å². The van der Waals surface area contributed by atoms with E-state index in [1.54, 1.807) is 0 Å². The molecule has 0 spiro atoms. The van der Waals surface area contributed by atoms with Crippen LogP contribution < -0.4 is 5.43 Å². The van der Waals surface area contributed by atoms with Crippen LogP contribution in [0, 0.1) is 0 Å². The van der Waals surface area contributed by atoms with E-state index in [2.05, 4.69) is 10.5 Å². The molecule has 0 atom stereocenters. The van der Waals surface area contributed by atoms with Gasteiger partial charge < -0.3 is 0 Å². The van der Waals surface area contributed by atoms with Gasteiger partial charge in [-0.2, -0.15) is 53.6 Å². The van der Waals surface area contributed by atoms with Gasteiger partial charge in [-0.15, -0.1) is 5.56 Å². The Hall–Kier alpha value is -2.22. The maximum Gasteiger partial charge on any atom is 0.0561 e. The van der Waals surface area contributed by atoms with E-state index in [4.69, 9.17) is 0 Å². The average Bonchev–Trinajstić information content (AvgIpc) is 3.45. The number of hydrazone groups is 1. The number of para-hydroxylation sites is 1. The third-order valence-corrected chi connectivity index (χ3v) is 3.32. The predicted molar refractivity (Wildman–Crippen MR) is 108 cm³/mol. The maximum atomic E-state index is 4.30. The van der Waals surface area contributed by atoms with Crippen LogP contribution in [0.25, 0.3) is 0 Å². The molecular weight excluding hydrogens is 416 g/mol. The Kier molecular flexibility index (Phi) is 14.7. The molecule has 0 unspecified atom stereocenters. The van der Waals surface area contributed by atoms with Gasteiger partial charge in [0.05, 0.1) is 5.69 Å². The van der Waals surface area contributed by atoms with Crippen LogP contribution in [0.2, 0.25) is 0 Å². The molecule has 4 aromatic carbocycles. The second-order valence-electron chi connectivity index (χ2n) is 5.27. The molecule has 0 aliphatic carbocycles. The van der Waals surface area contributed by atoms with Crippen molar-refractivity contribution < 1.29 is 34.1 Å². The van der Waals surface area contributed by atoms with Crippen LogP contribution in [-0.4, -0.2) is 5.71 Å². The normalized spacial score (nSPS) is 9.30. The van der Waals surface area contributed by atoms with E-state index in [0.717, 1.165) is 17.0 Å². The van der Waals surface area contributed by atoms with Crippen molar-refractivity contribution in [1.29, 1.82) is 0 Å². The molecule has 0 saturated heterocycles. The van der Waals surface area contributed by atoms with E-state index in [1.165, 1.54) is 0 Å². The summed E-state index contributed by atoms with van der Waals surface area (Å²) in [6.07, 6.45) is 0. The molecule has 0 bridgehead atoms. The first kappa shape index (κ1) is 24.8. The molecule has 0 aromatic heterocycles. The number of anilines is 1. The van der Waals surface area contributed by atoms with Crippen LogP contribution in [-0.2, 0) is 34.1 Å². The summed E-state index contributed by atoms with van der Waals surface area (Å²) in [6.45, 7) is 1.99. The number of hydrogen-bond donors (Lipinski definition) is 1. The van der Waals surface area contributed by atoms with E-state index < -0.39 is 0 Å². The van der Waals surface area contributed by atoms with Crippen LogP contribution in [0.5, 0.6) is 0 Å². The van der Waals surface area contributed by atoms with Crippen LogP contribution in [0.3, 0.4) is 0 Å². The molecule has 0 heterocycles. The summed E-state index contributed by atoms with van der Waals surface area (Å²) in [6, 6.07) is 38.0. The zero-order valence-corrected chi connectivity index (χ0v) is 17.3. The van der Waals surface area contributed by atoms with Crippen molar-refractivity contribution in [2.75, 3.05) is 5.43 Å². The number of benzene rings is 1. The maximum absolute atomic E-state index is 4.30. The van der Waals surface area contributed by atoms with Gasteiger partial charge in [0.2, 0.25) is 0 Å². The molecule has 0 amide bonds. The van der Waals surface area contributed by atoms with Crippen LogP contribution in [0.1, 0.15) is 12.5 Å². The average molecular weight is 439 g/mol. The molecule has 27 heavy (non-hydrogen) atoms. The van der Waals surface area contributed by atoms with Gasteiger partial charge in [0.25, 0.3) is 0 Å². The van der Waals surface area contributed by atoms with E-state index in [1.807, 2.05) is 122 Å². The first-order valence-corrected chi connectivity index (χ1v) is 8.27. The fraction of sp³-hybridized carbons (Fsp3) is 0.0435. The summed E-state index contributed by atoms with van der Waals surface area (Å²) in [5.74, 6) is 0. The molecule has 0 saturated carbocycles. The zero-order valence-electron chi connectivity index (χ0n) is 15.1. The number of nitrogens with one attached hydrogen (secondary N) is 1. The Labute approximate surface area is 183 Å². The summed E-state index contributed by atoms with van der Waals surface area (Å²) in [5, 5.41) is 4.30. The van der Waals surface area contributed by atoms with E-state index >= 15 is 0 Å². The molecule has 0 aliphatic heterocycles. The summed E-state index contributed by atoms with van der Waals surface area (Å²) >= 11 is 0. The molecule has 0 aliphatic rings. The van der Waals surface area contributed by atoms with Crippen LogP contribution >= 0.6 is 0 Å². The van der Waals surface area contributed by atoms with E-state index in [9.17, 15) is 0 Å². The Morgan fingerprint density at radius 1 is 0.741 bits per heavy atom. The largest absolute Gasteiger partial charge is 0.279 e. The second kappa shape index (κ2) is 16.0. The van der Waals surface area contributed by atoms with Crippen molar-refractivity contribution >= 4 is 11.4 Å². The Bertz CT molecular complexity index is 712. The fourth-order valence-electron chi connectivity index (χ4n) is 1.98. The van der Waals surface area contributed by atoms with Crippen molar-refractivity contribution in [3.8, 4) is 0 Å². The fourth-order valence-corrected chi connectivity index (χ4v) is 1.98. The van der Waals surface area contributed by atoms with Gasteiger partial charge in [-0.3, -0.25) is 5.43 Å². The third-order valence-electron chi connectivity index (χ3n) is 3.32. The number of nitrogens with zero attached hydrogens (tertiary/aromatic N) is 1. The molecule has 2 nitrogen and oxygen atoms in total. The molecule has 4 aromatic rings. The van der Waals surface area contributed by atoms with Gasteiger partial charge in [0.15, 0.2) is 0 Å². The smallest absolute Gasteiger partial charge is 0.0561 e. The zero-order chi connectivity index (χ0) is 17.6. The minimum Gasteiger partial charge on any atom is -0.279 e. The van der Waals surface area contributed by atoms with Gasteiger partial charge >= 0.3 is 0 Å². The number of hydrogen-bond acceptors (Lipinski definition) is 2. The van der Waals surface area contributed by atoms with Crippen molar-refractivity contribution in [3.63, 3.8) is 0 Å². The monoisotopic (exact) mass is 439 g/mol. The Morgan fingerprint density at radius 3 is 1.63 bits per heavy atom.